The quantitative estimate of drug-likeness (QED) is 0.364. The molecule has 1 fully saturated rings. The molecule has 1 atom stereocenters. The van der Waals surface area contributed by atoms with Gasteiger partial charge in [0.1, 0.15) is 5.65 Å². The number of rotatable bonds is 8. The number of para-hydroxylation sites is 1. The van der Waals surface area contributed by atoms with E-state index in [1.165, 1.54) is 29.1 Å². The normalized spacial score (nSPS) is 16.2. The van der Waals surface area contributed by atoms with Crippen molar-refractivity contribution in [3.63, 3.8) is 0 Å². The van der Waals surface area contributed by atoms with Gasteiger partial charge in [0.05, 0.1) is 18.5 Å². The molecule has 0 saturated carbocycles. The second-order valence-corrected chi connectivity index (χ2v) is 11.7. The largest absolute Gasteiger partial charge is 0.371 e. The summed E-state index contributed by atoms with van der Waals surface area (Å²) in [6.45, 7) is 3.27. The fourth-order valence-corrected chi connectivity index (χ4v) is 5.38. The molecule has 4 aromatic rings. The molecule has 0 amide bonds. The zero-order chi connectivity index (χ0) is 26.0. The minimum absolute atomic E-state index is 0.477. The molecule has 3 heterocycles. The lowest BCUT2D eigenvalue weighted by Crippen LogP contribution is -2.38. The van der Waals surface area contributed by atoms with E-state index >= 15 is 0 Å². The van der Waals surface area contributed by atoms with Crippen LogP contribution < -0.4 is 20.3 Å². The monoisotopic (exact) mass is 519 g/mol. The van der Waals surface area contributed by atoms with Gasteiger partial charge in [-0.1, -0.05) is 18.2 Å². The highest BCUT2D eigenvalue weighted by atomic mass is 32.2. The zero-order valence-electron chi connectivity index (χ0n) is 21.2. The van der Waals surface area contributed by atoms with Gasteiger partial charge in [-0.05, 0) is 67.3 Å². The van der Waals surface area contributed by atoms with E-state index in [2.05, 4.69) is 27.3 Å². The summed E-state index contributed by atoms with van der Waals surface area (Å²) in [6, 6.07) is 17.8. The topological polar surface area (TPSA) is 109 Å². The van der Waals surface area contributed by atoms with E-state index in [4.69, 9.17) is 10.7 Å². The Labute approximate surface area is 218 Å². The summed E-state index contributed by atoms with van der Waals surface area (Å²) in [5.74, 6) is 1.06. The van der Waals surface area contributed by atoms with Gasteiger partial charge in [-0.15, -0.1) is 0 Å². The van der Waals surface area contributed by atoms with E-state index in [0.29, 0.717) is 24.1 Å². The maximum absolute atomic E-state index is 12.1. The number of anilines is 4. The van der Waals surface area contributed by atoms with Crippen molar-refractivity contribution in [2.75, 3.05) is 47.5 Å². The number of aromatic nitrogens is 3. The number of nitrogens with zero attached hydrogens (tertiary/aromatic N) is 5. The first-order valence-electron chi connectivity index (χ1n) is 12.5. The molecule has 1 aliphatic rings. The molecule has 2 aromatic heterocycles. The van der Waals surface area contributed by atoms with E-state index in [0.717, 1.165) is 41.9 Å². The first-order chi connectivity index (χ1) is 17.8. The average molecular weight is 520 g/mol. The number of sulfonamides is 1. The molecule has 10 heteroatoms. The molecule has 0 radical (unpaired) electrons. The maximum Gasteiger partial charge on any atom is 0.232 e. The summed E-state index contributed by atoms with van der Waals surface area (Å²) in [6.07, 6.45) is 7.32. The number of hydrogen-bond acceptors (Lipinski definition) is 7. The summed E-state index contributed by atoms with van der Waals surface area (Å²) >= 11 is 0. The van der Waals surface area contributed by atoms with Gasteiger partial charge in [-0.3, -0.25) is 4.31 Å². The van der Waals surface area contributed by atoms with Crippen LogP contribution in [0.4, 0.5) is 23.0 Å². The van der Waals surface area contributed by atoms with Gasteiger partial charge in [0, 0.05) is 49.3 Å². The van der Waals surface area contributed by atoms with E-state index in [9.17, 15) is 8.42 Å². The molecular weight excluding hydrogens is 486 g/mol. The van der Waals surface area contributed by atoms with Crippen LogP contribution in [0.25, 0.3) is 11.0 Å². The Hall–Kier alpha value is -3.63. The van der Waals surface area contributed by atoms with Crippen molar-refractivity contribution in [3.05, 3.63) is 72.6 Å². The number of hydrogen-bond donors (Lipinski definition) is 2. The van der Waals surface area contributed by atoms with Gasteiger partial charge in [0.15, 0.2) is 0 Å². The summed E-state index contributed by atoms with van der Waals surface area (Å²) in [7, 11) is -1.81. The Balaban J connectivity index is 1.35. The number of fused-ring (bicyclic) bond motifs is 1. The van der Waals surface area contributed by atoms with Gasteiger partial charge in [0.2, 0.25) is 16.0 Å². The molecule has 9 nitrogen and oxygen atoms in total. The van der Waals surface area contributed by atoms with Crippen LogP contribution in [-0.2, 0) is 16.6 Å². The van der Waals surface area contributed by atoms with Crippen molar-refractivity contribution < 1.29 is 8.42 Å². The molecule has 1 unspecified atom stereocenters. The van der Waals surface area contributed by atoms with Gasteiger partial charge in [-0.25, -0.2) is 13.4 Å². The van der Waals surface area contributed by atoms with Crippen molar-refractivity contribution in [2.24, 2.45) is 11.7 Å². The highest BCUT2D eigenvalue weighted by Gasteiger charge is 2.19. The molecule has 3 N–H and O–H groups in total. The Morgan fingerprint density at radius 1 is 1.14 bits per heavy atom. The van der Waals surface area contributed by atoms with Crippen molar-refractivity contribution >= 4 is 44.1 Å². The second kappa shape index (κ2) is 10.4. The third-order valence-corrected chi connectivity index (χ3v) is 8.20. The minimum atomic E-state index is -3.38. The second-order valence-electron chi connectivity index (χ2n) is 9.64. The lowest BCUT2D eigenvalue weighted by atomic mass is 9.98. The number of nitrogens with one attached hydrogen (secondary N) is 1. The number of benzene rings is 2. The lowest BCUT2D eigenvalue weighted by Gasteiger charge is -2.34. The average Bonchev–Trinajstić information content (AvgIpc) is 3.30. The fourth-order valence-electron chi connectivity index (χ4n) is 4.85. The van der Waals surface area contributed by atoms with Crippen LogP contribution in [-0.4, -0.2) is 55.9 Å². The molecule has 1 saturated heterocycles. The van der Waals surface area contributed by atoms with Crippen molar-refractivity contribution in [2.45, 2.75) is 19.4 Å². The Morgan fingerprint density at radius 3 is 2.68 bits per heavy atom. The predicted octanol–water partition coefficient (Wildman–Crippen LogP) is 3.79. The SMILES string of the molecule is CN(c1ccccc1Cn1ccc2cnc(Nc3ccc(N4CCCC(CN)C4)cc3)nc21)S(C)(=O)=O. The smallest absolute Gasteiger partial charge is 0.232 e. The van der Waals surface area contributed by atoms with Crippen LogP contribution in [0.3, 0.4) is 0 Å². The highest BCUT2D eigenvalue weighted by molar-refractivity contribution is 7.92. The molecule has 2 aromatic carbocycles. The van der Waals surface area contributed by atoms with Gasteiger partial charge in [0.25, 0.3) is 0 Å². The summed E-state index contributed by atoms with van der Waals surface area (Å²) in [5.41, 5.74) is 10.3. The van der Waals surface area contributed by atoms with Gasteiger partial charge in [-0.2, -0.15) is 4.98 Å². The Morgan fingerprint density at radius 2 is 1.92 bits per heavy atom. The van der Waals surface area contributed by atoms with Gasteiger partial charge >= 0.3 is 0 Å². The Kier molecular flexibility index (Phi) is 7.03. The first-order valence-corrected chi connectivity index (χ1v) is 14.3. The van der Waals surface area contributed by atoms with Crippen LogP contribution >= 0.6 is 0 Å². The molecular formula is C27H33N7O2S. The van der Waals surface area contributed by atoms with E-state index < -0.39 is 10.0 Å². The van der Waals surface area contributed by atoms with E-state index in [1.807, 2.05) is 53.2 Å². The molecule has 194 valence electrons. The molecule has 0 aliphatic carbocycles. The summed E-state index contributed by atoms with van der Waals surface area (Å²) in [5, 5.41) is 4.23. The summed E-state index contributed by atoms with van der Waals surface area (Å²) < 4.78 is 27.6. The number of piperidine rings is 1. The van der Waals surface area contributed by atoms with Crippen LogP contribution in [0.2, 0.25) is 0 Å². The number of nitrogens with two attached hydrogens (primary N) is 1. The van der Waals surface area contributed by atoms with Crippen molar-refractivity contribution in [1.29, 1.82) is 0 Å². The fraction of sp³-hybridized carbons (Fsp3) is 0.333. The third-order valence-electron chi connectivity index (χ3n) is 7.01. The summed E-state index contributed by atoms with van der Waals surface area (Å²) in [4.78, 5) is 11.7. The maximum atomic E-state index is 12.1. The standard InChI is InChI=1S/C27H33N7O2S/c1-32(37(2,35)36)25-8-4-3-7-22(25)19-34-15-13-21-17-29-27(31-26(21)34)30-23-9-11-24(12-10-23)33-14-5-6-20(16-28)18-33/h3-4,7-13,15,17,20H,5-6,14,16,18-19,28H2,1-2H3,(H,29,30,31). The van der Waals surface area contributed by atoms with Gasteiger partial charge < -0.3 is 20.5 Å². The van der Waals surface area contributed by atoms with Crippen molar-refractivity contribution in [1.82, 2.24) is 14.5 Å². The zero-order valence-corrected chi connectivity index (χ0v) is 22.0. The molecule has 0 spiro atoms. The Bertz CT molecular complexity index is 1480. The van der Waals surface area contributed by atoms with Crippen molar-refractivity contribution in [3.8, 4) is 0 Å². The third kappa shape index (κ3) is 5.55. The molecule has 37 heavy (non-hydrogen) atoms. The van der Waals surface area contributed by atoms with Crippen LogP contribution in [0.5, 0.6) is 0 Å². The van der Waals surface area contributed by atoms with Crippen LogP contribution in [0.15, 0.2) is 67.0 Å². The van der Waals surface area contributed by atoms with Crippen LogP contribution in [0.1, 0.15) is 18.4 Å². The predicted molar refractivity (Wildman–Crippen MR) is 150 cm³/mol. The molecule has 5 rings (SSSR count). The lowest BCUT2D eigenvalue weighted by molar-refractivity contribution is 0.423. The minimum Gasteiger partial charge on any atom is -0.371 e. The van der Waals surface area contributed by atoms with E-state index in [1.54, 1.807) is 13.2 Å². The van der Waals surface area contributed by atoms with Crippen LogP contribution in [0, 0.1) is 5.92 Å². The molecule has 0 bridgehead atoms. The van der Waals surface area contributed by atoms with E-state index in [-0.39, 0.29) is 0 Å². The highest BCUT2D eigenvalue weighted by Crippen LogP contribution is 2.27. The first kappa shape index (κ1) is 25.0. The molecule has 1 aliphatic heterocycles.